The Bertz CT molecular complexity index is 1220. The van der Waals surface area contributed by atoms with Crippen molar-refractivity contribution in [1.82, 2.24) is 4.98 Å². The molecule has 0 saturated heterocycles. The number of rotatable bonds is 6. The molecular formula is C25H19F4NO3. The van der Waals surface area contributed by atoms with Crippen molar-refractivity contribution >= 4 is 17.1 Å². The van der Waals surface area contributed by atoms with Gasteiger partial charge >= 0.3 is 12.1 Å². The Morgan fingerprint density at radius 1 is 1.00 bits per heavy atom. The highest BCUT2D eigenvalue weighted by molar-refractivity contribution is 5.94. The molecule has 0 atom stereocenters. The van der Waals surface area contributed by atoms with Crippen molar-refractivity contribution in [3.8, 4) is 5.75 Å². The Hall–Kier alpha value is -3.68. The van der Waals surface area contributed by atoms with Gasteiger partial charge in [-0.15, -0.1) is 0 Å². The Kier molecular flexibility index (Phi) is 6.18. The molecule has 1 aliphatic rings. The van der Waals surface area contributed by atoms with Gasteiger partial charge < -0.3 is 9.84 Å². The summed E-state index contributed by atoms with van der Waals surface area (Å²) in [4.78, 5) is 15.5. The summed E-state index contributed by atoms with van der Waals surface area (Å²) < 4.78 is 59.4. The minimum absolute atomic E-state index is 0.0496. The molecule has 0 radical (unpaired) electrons. The van der Waals surface area contributed by atoms with E-state index < -0.39 is 23.5 Å². The molecule has 0 unspecified atom stereocenters. The summed E-state index contributed by atoms with van der Waals surface area (Å²) in [6, 6.07) is 13.5. The van der Waals surface area contributed by atoms with Crippen LogP contribution in [0.5, 0.6) is 5.75 Å². The number of carboxylic acids is 1. The van der Waals surface area contributed by atoms with Crippen LogP contribution >= 0.6 is 0 Å². The summed E-state index contributed by atoms with van der Waals surface area (Å²) in [6.07, 6.45) is -2.79. The molecule has 0 spiro atoms. The van der Waals surface area contributed by atoms with Crippen LogP contribution in [-0.4, -0.2) is 16.1 Å². The second-order valence-electron chi connectivity index (χ2n) is 7.65. The van der Waals surface area contributed by atoms with Crippen molar-refractivity contribution in [2.75, 3.05) is 0 Å². The van der Waals surface area contributed by atoms with Crippen LogP contribution in [0.1, 0.15) is 52.1 Å². The fourth-order valence-corrected chi connectivity index (χ4v) is 3.86. The lowest BCUT2D eigenvalue weighted by molar-refractivity contribution is -0.137. The monoisotopic (exact) mass is 457 g/mol. The van der Waals surface area contributed by atoms with Crippen molar-refractivity contribution in [2.24, 2.45) is 0 Å². The van der Waals surface area contributed by atoms with Gasteiger partial charge in [-0.25, -0.2) is 14.2 Å². The molecule has 8 heteroatoms. The van der Waals surface area contributed by atoms with E-state index in [0.29, 0.717) is 47.2 Å². The predicted molar refractivity (Wildman–Crippen MR) is 114 cm³/mol. The summed E-state index contributed by atoms with van der Waals surface area (Å²) >= 11 is 0. The van der Waals surface area contributed by atoms with E-state index in [4.69, 9.17) is 4.74 Å². The van der Waals surface area contributed by atoms with Crippen LogP contribution in [0.2, 0.25) is 0 Å². The van der Waals surface area contributed by atoms with Crippen LogP contribution in [-0.2, 0) is 12.8 Å². The van der Waals surface area contributed by atoms with E-state index >= 15 is 0 Å². The molecule has 0 fully saturated rings. The zero-order valence-electron chi connectivity index (χ0n) is 17.3. The lowest BCUT2D eigenvalue weighted by Gasteiger charge is -2.17. The number of aromatic nitrogens is 1. The van der Waals surface area contributed by atoms with Crippen molar-refractivity contribution in [3.63, 3.8) is 0 Å². The molecule has 0 aliphatic heterocycles. The molecular weight excluding hydrogens is 438 g/mol. The maximum Gasteiger partial charge on any atom is 0.416 e. The first kappa shape index (κ1) is 22.5. The van der Waals surface area contributed by atoms with Crippen molar-refractivity contribution < 1.29 is 32.2 Å². The molecule has 1 aromatic heterocycles. The second-order valence-corrected chi connectivity index (χ2v) is 7.65. The highest BCUT2D eigenvalue weighted by Gasteiger charge is 2.32. The van der Waals surface area contributed by atoms with Gasteiger partial charge in [0.2, 0.25) is 0 Å². The van der Waals surface area contributed by atoms with Crippen LogP contribution < -0.4 is 4.74 Å². The van der Waals surface area contributed by atoms with Gasteiger partial charge in [0.05, 0.1) is 11.3 Å². The van der Waals surface area contributed by atoms with Gasteiger partial charge in [-0.3, -0.25) is 0 Å². The standard InChI is InChI=1S/C25H19F4NO3/c26-17-10-7-15(8-11-17)14-33-23-12-9-16(25(27,28)29)13-20(23)18-3-1-4-19(18)21-5-2-6-22(30-21)24(31)32/h2,5-13H,1,3-4,14H2,(H,31,32). The van der Waals surface area contributed by atoms with Gasteiger partial charge in [0, 0.05) is 5.56 Å². The Morgan fingerprint density at radius 3 is 2.42 bits per heavy atom. The summed E-state index contributed by atoms with van der Waals surface area (Å²) in [5, 5.41) is 9.25. The Morgan fingerprint density at radius 2 is 1.73 bits per heavy atom. The van der Waals surface area contributed by atoms with Crippen LogP contribution in [0, 0.1) is 5.82 Å². The number of hydrogen-bond acceptors (Lipinski definition) is 3. The number of carbonyl (C=O) groups is 1. The average Bonchev–Trinajstić information content (AvgIpc) is 3.28. The van der Waals surface area contributed by atoms with Crippen LogP contribution in [0.15, 0.2) is 60.7 Å². The topological polar surface area (TPSA) is 59.4 Å². The molecule has 2 aromatic carbocycles. The van der Waals surface area contributed by atoms with E-state index in [-0.39, 0.29) is 18.1 Å². The molecule has 4 rings (SSSR count). The molecule has 4 nitrogen and oxygen atoms in total. The molecule has 3 aromatic rings. The number of carboxylic acid groups (broad SMARTS) is 1. The highest BCUT2D eigenvalue weighted by atomic mass is 19.4. The smallest absolute Gasteiger partial charge is 0.416 e. The lowest BCUT2D eigenvalue weighted by atomic mass is 9.97. The third-order valence-corrected chi connectivity index (χ3v) is 5.43. The first-order valence-electron chi connectivity index (χ1n) is 10.2. The number of hydrogen-bond donors (Lipinski definition) is 1. The van der Waals surface area contributed by atoms with E-state index in [1.54, 1.807) is 24.3 Å². The maximum atomic E-state index is 13.5. The lowest BCUT2D eigenvalue weighted by Crippen LogP contribution is -2.07. The molecule has 1 N–H and O–H groups in total. The molecule has 0 bridgehead atoms. The molecule has 170 valence electrons. The van der Waals surface area contributed by atoms with Gasteiger partial charge in [0.25, 0.3) is 0 Å². The van der Waals surface area contributed by atoms with E-state index in [1.165, 1.54) is 24.3 Å². The van der Waals surface area contributed by atoms with E-state index in [0.717, 1.165) is 12.1 Å². The first-order valence-corrected chi connectivity index (χ1v) is 10.2. The van der Waals surface area contributed by atoms with Crippen molar-refractivity contribution in [2.45, 2.75) is 32.0 Å². The van der Waals surface area contributed by atoms with E-state index in [1.807, 2.05) is 0 Å². The molecule has 0 amide bonds. The largest absolute Gasteiger partial charge is 0.488 e. The Balaban J connectivity index is 1.77. The van der Waals surface area contributed by atoms with Gasteiger partial charge in [-0.1, -0.05) is 18.2 Å². The molecule has 0 saturated carbocycles. The normalized spacial score (nSPS) is 13.9. The number of benzene rings is 2. The molecule has 33 heavy (non-hydrogen) atoms. The van der Waals surface area contributed by atoms with Crippen LogP contribution in [0.4, 0.5) is 17.6 Å². The van der Waals surface area contributed by atoms with Gasteiger partial charge in [0.15, 0.2) is 0 Å². The summed E-state index contributed by atoms with van der Waals surface area (Å²) in [5.41, 5.74) is 1.78. The van der Waals surface area contributed by atoms with E-state index in [2.05, 4.69) is 4.98 Å². The average molecular weight is 457 g/mol. The predicted octanol–water partition coefficient (Wildman–Crippen LogP) is 6.61. The fraction of sp³-hybridized carbons (Fsp3) is 0.200. The minimum atomic E-state index is -4.54. The number of alkyl halides is 3. The van der Waals surface area contributed by atoms with Crippen LogP contribution in [0.3, 0.4) is 0 Å². The quantitative estimate of drug-likeness (QED) is 0.423. The second kappa shape index (κ2) is 9.05. The van der Waals surface area contributed by atoms with Crippen molar-refractivity contribution in [1.29, 1.82) is 0 Å². The third-order valence-electron chi connectivity index (χ3n) is 5.43. The number of nitrogens with zero attached hydrogens (tertiary/aromatic N) is 1. The molecule has 1 aliphatic carbocycles. The van der Waals surface area contributed by atoms with Crippen molar-refractivity contribution in [3.05, 3.63) is 94.6 Å². The number of allylic oxidation sites excluding steroid dienone is 2. The number of pyridine rings is 1. The summed E-state index contributed by atoms with van der Waals surface area (Å²) in [6.45, 7) is 0.0496. The number of ether oxygens (including phenoxy) is 1. The Labute approximate surface area is 187 Å². The van der Waals surface area contributed by atoms with E-state index in [9.17, 15) is 27.5 Å². The van der Waals surface area contributed by atoms with Gasteiger partial charge in [0.1, 0.15) is 23.9 Å². The summed E-state index contributed by atoms with van der Waals surface area (Å²) in [7, 11) is 0. The van der Waals surface area contributed by atoms with Crippen LogP contribution in [0.25, 0.3) is 11.1 Å². The zero-order valence-corrected chi connectivity index (χ0v) is 17.3. The molecule has 1 heterocycles. The highest BCUT2D eigenvalue weighted by Crippen LogP contribution is 2.44. The maximum absolute atomic E-state index is 13.5. The zero-order chi connectivity index (χ0) is 23.6. The summed E-state index contributed by atoms with van der Waals surface area (Å²) in [5.74, 6) is -1.32. The SMILES string of the molecule is O=C(O)c1cccc(C2=C(c3cc(C(F)(F)F)ccc3OCc3ccc(F)cc3)CCC2)n1. The van der Waals surface area contributed by atoms with Gasteiger partial charge in [-0.2, -0.15) is 13.2 Å². The number of halogens is 4. The van der Waals surface area contributed by atoms with Gasteiger partial charge in [-0.05, 0) is 78.4 Å². The third kappa shape index (κ3) is 5.05. The first-order chi connectivity index (χ1) is 15.7. The minimum Gasteiger partial charge on any atom is -0.488 e. The fourth-order valence-electron chi connectivity index (χ4n) is 3.86. The number of aromatic carboxylic acids is 1.